The minimum atomic E-state index is -0.368. The molecule has 2 aliphatic heterocycles. The van der Waals surface area contributed by atoms with Gasteiger partial charge >= 0.3 is 5.97 Å². The first kappa shape index (κ1) is 22.2. The van der Waals surface area contributed by atoms with Crippen molar-refractivity contribution in [3.63, 3.8) is 0 Å². The average molecular weight is 468 g/mol. The van der Waals surface area contributed by atoms with Gasteiger partial charge in [-0.15, -0.1) is 0 Å². The third-order valence-corrected chi connectivity index (χ3v) is 8.78. The van der Waals surface area contributed by atoms with Crippen LogP contribution in [0.5, 0.6) is 0 Å². The molecular formula is C25H25NO2S3. The number of rotatable bonds is 3. The molecule has 2 aromatic carbocycles. The summed E-state index contributed by atoms with van der Waals surface area (Å²) in [5, 5.41) is 3.61. The van der Waals surface area contributed by atoms with Crippen LogP contribution < -0.4 is 5.32 Å². The molecule has 0 saturated heterocycles. The van der Waals surface area contributed by atoms with Crippen LogP contribution >= 0.6 is 35.7 Å². The standard InChI is InChI=1S/C25H25NO2S3/c1-6-28-23(27)21-20(16-10-8-7-9-11-16)30-24(31-21)19-17-12-14(2)15(3)13-18(17)26-25(4,5)22(19)29/h7-13,26H,6H2,1-5H3. The lowest BCUT2D eigenvalue weighted by Gasteiger charge is -2.37. The Hall–Kier alpha value is -2.02. The fraction of sp³-hybridized carbons (Fsp3) is 0.280. The molecule has 0 amide bonds. The number of esters is 1. The van der Waals surface area contributed by atoms with Gasteiger partial charge in [-0.1, -0.05) is 66.1 Å². The summed E-state index contributed by atoms with van der Waals surface area (Å²) in [6.07, 6.45) is 0. The van der Waals surface area contributed by atoms with Crippen molar-refractivity contribution in [3.05, 3.63) is 73.9 Å². The Kier molecular flexibility index (Phi) is 6.08. The van der Waals surface area contributed by atoms with Crippen molar-refractivity contribution < 1.29 is 9.53 Å². The maximum absolute atomic E-state index is 12.8. The van der Waals surface area contributed by atoms with Gasteiger partial charge < -0.3 is 10.1 Å². The lowest BCUT2D eigenvalue weighted by molar-refractivity contribution is -0.137. The molecule has 0 bridgehead atoms. The van der Waals surface area contributed by atoms with Crippen molar-refractivity contribution in [1.82, 2.24) is 0 Å². The predicted octanol–water partition coefficient (Wildman–Crippen LogP) is 6.96. The number of nitrogens with one attached hydrogen (secondary N) is 1. The zero-order valence-electron chi connectivity index (χ0n) is 18.3. The number of fused-ring (bicyclic) bond motifs is 1. The summed E-state index contributed by atoms with van der Waals surface area (Å²) in [4.78, 5) is 15.2. The van der Waals surface area contributed by atoms with Crippen molar-refractivity contribution in [1.29, 1.82) is 0 Å². The molecule has 1 N–H and O–H groups in total. The van der Waals surface area contributed by atoms with Gasteiger partial charge in [-0.2, -0.15) is 0 Å². The van der Waals surface area contributed by atoms with E-state index in [0.717, 1.165) is 36.4 Å². The van der Waals surface area contributed by atoms with Gasteiger partial charge in [0.15, 0.2) is 0 Å². The number of carbonyl (C=O) groups is 1. The molecule has 0 unspecified atom stereocenters. The first-order chi connectivity index (χ1) is 14.7. The smallest absolute Gasteiger partial charge is 0.346 e. The highest BCUT2D eigenvalue weighted by molar-refractivity contribution is 8.32. The van der Waals surface area contributed by atoms with E-state index >= 15 is 0 Å². The van der Waals surface area contributed by atoms with Crippen LogP contribution in [0.2, 0.25) is 0 Å². The third kappa shape index (κ3) is 4.09. The molecular weight excluding hydrogens is 442 g/mol. The van der Waals surface area contributed by atoms with E-state index in [1.165, 1.54) is 22.9 Å². The van der Waals surface area contributed by atoms with E-state index in [0.29, 0.717) is 11.5 Å². The largest absolute Gasteiger partial charge is 0.462 e. The van der Waals surface area contributed by atoms with E-state index in [9.17, 15) is 4.79 Å². The molecule has 2 aliphatic rings. The first-order valence-electron chi connectivity index (χ1n) is 10.2. The summed E-state index contributed by atoms with van der Waals surface area (Å²) >= 11 is 9.08. The van der Waals surface area contributed by atoms with E-state index in [1.54, 1.807) is 11.8 Å². The second kappa shape index (κ2) is 8.49. The molecule has 0 aromatic heterocycles. The number of ether oxygens (including phenoxy) is 1. The monoisotopic (exact) mass is 467 g/mol. The fourth-order valence-electron chi connectivity index (χ4n) is 3.67. The molecule has 6 heteroatoms. The maximum atomic E-state index is 12.8. The average Bonchev–Trinajstić information content (AvgIpc) is 3.16. The molecule has 0 fully saturated rings. The number of hydrogen-bond acceptors (Lipinski definition) is 6. The molecule has 2 heterocycles. The quantitative estimate of drug-likeness (QED) is 0.299. The van der Waals surface area contributed by atoms with Crippen LogP contribution in [-0.4, -0.2) is 23.0 Å². The van der Waals surface area contributed by atoms with E-state index < -0.39 is 0 Å². The topological polar surface area (TPSA) is 38.3 Å². The number of aryl methyl sites for hydroxylation is 2. The van der Waals surface area contributed by atoms with Crippen LogP contribution in [0.15, 0.2) is 51.6 Å². The summed E-state index contributed by atoms with van der Waals surface area (Å²) in [5.74, 6) is -0.283. The van der Waals surface area contributed by atoms with Crippen molar-refractivity contribution in [2.45, 2.75) is 40.2 Å². The number of anilines is 1. The molecule has 31 heavy (non-hydrogen) atoms. The Morgan fingerprint density at radius 1 is 1.10 bits per heavy atom. The van der Waals surface area contributed by atoms with Crippen molar-refractivity contribution in [2.75, 3.05) is 11.9 Å². The van der Waals surface area contributed by atoms with Crippen LogP contribution in [-0.2, 0) is 9.53 Å². The molecule has 160 valence electrons. The highest BCUT2D eigenvalue weighted by atomic mass is 32.2. The molecule has 3 nitrogen and oxygen atoms in total. The lowest BCUT2D eigenvalue weighted by Crippen LogP contribution is -2.43. The molecule has 0 aliphatic carbocycles. The zero-order valence-corrected chi connectivity index (χ0v) is 20.7. The Morgan fingerprint density at radius 3 is 2.45 bits per heavy atom. The van der Waals surface area contributed by atoms with E-state index in [4.69, 9.17) is 17.0 Å². The van der Waals surface area contributed by atoms with Gasteiger partial charge in [0.05, 0.1) is 16.4 Å². The van der Waals surface area contributed by atoms with Gasteiger partial charge in [0.25, 0.3) is 0 Å². The molecule has 2 aromatic rings. The normalized spacial score (nSPS) is 19.8. The Balaban J connectivity index is 1.89. The van der Waals surface area contributed by atoms with Crippen LogP contribution in [0, 0.1) is 13.8 Å². The van der Waals surface area contributed by atoms with Crippen LogP contribution in [0.4, 0.5) is 5.69 Å². The zero-order chi connectivity index (χ0) is 22.3. The predicted molar refractivity (Wildman–Crippen MR) is 138 cm³/mol. The SMILES string of the molecule is CCOC(=O)C1=C(c2ccccc2)SC(=C2C(=S)C(C)(C)Nc3cc(C)c(C)cc32)S1. The van der Waals surface area contributed by atoms with Crippen molar-refractivity contribution in [2.24, 2.45) is 0 Å². The Labute approximate surface area is 197 Å². The van der Waals surface area contributed by atoms with Crippen molar-refractivity contribution in [3.8, 4) is 0 Å². The van der Waals surface area contributed by atoms with Crippen LogP contribution in [0.25, 0.3) is 10.5 Å². The summed E-state index contributed by atoms with van der Waals surface area (Å²) in [5.41, 5.74) is 6.32. The number of benzene rings is 2. The lowest BCUT2D eigenvalue weighted by atomic mass is 9.84. The van der Waals surface area contributed by atoms with Gasteiger partial charge in [0.2, 0.25) is 0 Å². The number of thioether (sulfide) groups is 2. The number of hydrogen-bond donors (Lipinski definition) is 1. The Morgan fingerprint density at radius 2 is 1.77 bits per heavy atom. The third-order valence-electron chi connectivity index (χ3n) is 5.44. The van der Waals surface area contributed by atoms with Gasteiger partial charge in [-0.25, -0.2) is 4.79 Å². The molecule has 4 rings (SSSR count). The molecule has 0 atom stereocenters. The fourth-order valence-corrected chi connectivity index (χ4v) is 6.76. The van der Waals surface area contributed by atoms with E-state index in [1.807, 2.05) is 37.3 Å². The minimum Gasteiger partial charge on any atom is -0.462 e. The number of thiocarbonyl (C=S) groups is 1. The van der Waals surface area contributed by atoms with Crippen LogP contribution in [0.1, 0.15) is 43.0 Å². The summed E-state index contributed by atoms with van der Waals surface area (Å²) in [6.45, 7) is 10.6. The summed E-state index contributed by atoms with van der Waals surface area (Å²) in [7, 11) is 0. The molecule has 0 saturated carbocycles. The Bertz CT molecular complexity index is 1150. The molecule has 0 spiro atoms. The first-order valence-corrected chi connectivity index (χ1v) is 12.3. The highest BCUT2D eigenvalue weighted by Crippen LogP contribution is 2.58. The van der Waals surface area contributed by atoms with Crippen molar-refractivity contribution >= 4 is 62.7 Å². The van der Waals surface area contributed by atoms with Gasteiger partial charge in [-0.05, 0) is 63.4 Å². The van der Waals surface area contributed by atoms with Gasteiger partial charge in [0.1, 0.15) is 4.91 Å². The molecule has 0 radical (unpaired) electrons. The second-order valence-electron chi connectivity index (χ2n) is 8.17. The second-order valence-corrected chi connectivity index (χ2v) is 10.9. The van der Waals surface area contributed by atoms with Gasteiger partial charge in [-0.3, -0.25) is 0 Å². The van der Waals surface area contributed by atoms with Gasteiger partial charge in [0, 0.05) is 26.6 Å². The summed E-state index contributed by atoms with van der Waals surface area (Å²) < 4.78 is 6.42. The van der Waals surface area contributed by atoms with E-state index in [-0.39, 0.29) is 11.5 Å². The minimum absolute atomic E-state index is 0.283. The summed E-state index contributed by atoms with van der Waals surface area (Å²) in [6, 6.07) is 14.4. The highest BCUT2D eigenvalue weighted by Gasteiger charge is 2.39. The van der Waals surface area contributed by atoms with E-state index in [2.05, 4.69) is 45.1 Å². The number of carbonyl (C=O) groups excluding carboxylic acids is 1. The van der Waals surface area contributed by atoms with Crippen LogP contribution in [0.3, 0.4) is 0 Å². The maximum Gasteiger partial charge on any atom is 0.346 e.